The number of amides is 1. The van der Waals surface area contributed by atoms with Crippen LogP contribution in [-0.4, -0.2) is 29.6 Å². The highest BCUT2D eigenvalue weighted by Gasteiger charge is 2.41. The summed E-state index contributed by atoms with van der Waals surface area (Å²) in [4.78, 5) is 16.4. The van der Waals surface area contributed by atoms with Gasteiger partial charge in [0, 0.05) is 37.4 Å². The van der Waals surface area contributed by atoms with Crippen molar-refractivity contribution in [2.24, 2.45) is 0 Å². The van der Waals surface area contributed by atoms with Gasteiger partial charge < -0.3 is 10.1 Å². The van der Waals surface area contributed by atoms with E-state index in [0.29, 0.717) is 13.0 Å². The van der Waals surface area contributed by atoms with Crippen molar-refractivity contribution in [2.75, 3.05) is 13.2 Å². The number of aryl methyl sites for hydroxylation is 1. The fourth-order valence-corrected chi connectivity index (χ4v) is 4.21. The van der Waals surface area contributed by atoms with E-state index < -0.39 is 0 Å². The molecule has 1 atom stereocenters. The number of nitrogens with one attached hydrogen (secondary N) is 1. The minimum Gasteiger partial charge on any atom is -0.376 e. The predicted octanol–water partition coefficient (Wildman–Crippen LogP) is 4.05. The quantitative estimate of drug-likeness (QED) is 0.804. The molecule has 0 unspecified atom stereocenters. The van der Waals surface area contributed by atoms with Crippen LogP contribution in [0, 0.1) is 0 Å². The summed E-state index contributed by atoms with van der Waals surface area (Å²) >= 11 is 0. The molecule has 0 spiro atoms. The standard InChI is InChI=1S/C23H30N2O2/c1-22(2)18-23(13-16-27-22,20-8-4-3-5-9-20)12-15-25-21(26)11-10-19-7-6-14-24-17-19/h3-9,14,17H,10-13,15-16,18H2,1-2H3,(H,25,26)/t23-/m0/s1. The third-order valence-electron chi connectivity index (χ3n) is 5.51. The predicted molar refractivity (Wildman–Crippen MR) is 108 cm³/mol. The normalized spacial score (nSPS) is 21.6. The van der Waals surface area contributed by atoms with Crippen LogP contribution < -0.4 is 5.32 Å². The molecule has 1 amide bonds. The Morgan fingerprint density at radius 2 is 2.00 bits per heavy atom. The first-order valence-corrected chi connectivity index (χ1v) is 9.84. The van der Waals surface area contributed by atoms with E-state index in [-0.39, 0.29) is 16.9 Å². The second-order valence-corrected chi connectivity index (χ2v) is 8.14. The summed E-state index contributed by atoms with van der Waals surface area (Å²) in [6.45, 7) is 5.78. The minimum atomic E-state index is -0.140. The summed E-state index contributed by atoms with van der Waals surface area (Å²) in [6.07, 6.45) is 7.69. The Morgan fingerprint density at radius 3 is 2.70 bits per heavy atom. The van der Waals surface area contributed by atoms with Crippen LogP contribution in [0.5, 0.6) is 0 Å². The first kappa shape index (κ1) is 19.6. The number of benzene rings is 1. The van der Waals surface area contributed by atoms with Crippen LogP contribution in [0.1, 0.15) is 50.7 Å². The van der Waals surface area contributed by atoms with E-state index in [1.165, 1.54) is 5.56 Å². The van der Waals surface area contributed by atoms with Crippen molar-refractivity contribution in [2.45, 2.75) is 57.0 Å². The molecule has 1 fully saturated rings. The van der Waals surface area contributed by atoms with E-state index in [0.717, 1.165) is 37.9 Å². The van der Waals surface area contributed by atoms with Crippen molar-refractivity contribution in [1.29, 1.82) is 0 Å². The molecule has 2 heterocycles. The molecule has 2 aromatic rings. The topological polar surface area (TPSA) is 51.2 Å². The third-order valence-corrected chi connectivity index (χ3v) is 5.51. The van der Waals surface area contributed by atoms with Gasteiger partial charge in [-0.1, -0.05) is 36.4 Å². The van der Waals surface area contributed by atoms with Gasteiger partial charge in [0.1, 0.15) is 0 Å². The lowest BCUT2D eigenvalue weighted by Crippen LogP contribution is -2.45. The van der Waals surface area contributed by atoms with E-state index >= 15 is 0 Å². The first-order chi connectivity index (χ1) is 13.0. The highest BCUT2D eigenvalue weighted by Crippen LogP contribution is 2.43. The Balaban J connectivity index is 1.58. The molecule has 0 radical (unpaired) electrons. The Bertz CT molecular complexity index is 731. The summed E-state index contributed by atoms with van der Waals surface area (Å²) in [5.74, 6) is 0.105. The largest absolute Gasteiger partial charge is 0.376 e. The molecule has 27 heavy (non-hydrogen) atoms. The number of carbonyl (C=O) groups is 1. The van der Waals surface area contributed by atoms with Crippen LogP contribution in [0.2, 0.25) is 0 Å². The second-order valence-electron chi connectivity index (χ2n) is 8.14. The van der Waals surface area contributed by atoms with E-state index in [4.69, 9.17) is 4.74 Å². The summed E-state index contributed by atoms with van der Waals surface area (Å²) in [5, 5.41) is 3.12. The first-order valence-electron chi connectivity index (χ1n) is 9.84. The van der Waals surface area contributed by atoms with E-state index in [1.54, 1.807) is 6.20 Å². The van der Waals surface area contributed by atoms with Crippen LogP contribution in [0.15, 0.2) is 54.9 Å². The van der Waals surface area contributed by atoms with Crippen molar-refractivity contribution in [3.05, 3.63) is 66.0 Å². The van der Waals surface area contributed by atoms with Gasteiger partial charge in [-0.25, -0.2) is 0 Å². The zero-order chi connectivity index (χ0) is 19.2. The average Bonchev–Trinajstić information content (AvgIpc) is 2.67. The molecule has 4 nitrogen and oxygen atoms in total. The highest BCUT2D eigenvalue weighted by atomic mass is 16.5. The molecule has 1 aliphatic rings. The zero-order valence-corrected chi connectivity index (χ0v) is 16.4. The van der Waals surface area contributed by atoms with Gasteiger partial charge in [-0.05, 0) is 56.7 Å². The monoisotopic (exact) mass is 366 g/mol. The fraction of sp³-hybridized carbons (Fsp3) is 0.478. The van der Waals surface area contributed by atoms with Gasteiger partial charge in [-0.15, -0.1) is 0 Å². The fourth-order valence-electron chi connectivity index (χ4n) is 4.21. The maximum atomic E-state index is 12.3. The molecule has 0 saturated carbocycles. The van der Waals surface area contributed by atoms with Gasteiger partial charge in [-0.3, -0.25) is 9.78 Å². The summed E-state index contributed by atoms with van der Waals surface area (Å²) in [5.41, 5.74) is 2.36. The molecule has 1 aliphatic heterocycles. The van der Waals surface area contributed by atoms with Crippen LogP contribution in [-0.2, 0) is 21.4 Å². The van der Waals surface area contributed by atoms with Gasteiger partial charge in [0.15, 0.2) is 0 Å². The number of nitrogens with zero attached hydrogens (tertiary/aromatic N) is 1. The van der Waals surface area contributed by atoms with E-state index in [2.05, 4.69) is 54.5 Å². The number of hydrogen-bond acceptors (Lipinski definition) is 3. The van der Waals surface area contributed by atoms with Crippen LogP contribution >= 0.6 is 0 Å². The van der Waals surface area contributed by atoms with Crippen LogP contribution in [0.4, 0.5) is 0 Å². The van der Waals surface area contributed by atoms with Crippen molar-refractivity contribution in [3.8, 4) is 0 Å². The van der Waals surface area contributed by atoms with Gasteiger partial charge in [0.25, 0.3) is 0 Å². The number of ether oxygens (including phenoxy) is 1. The molecule has 4 heteroatoms. The zero-order valence-electron chi connectivity index (χ0n) is 16.4. The summed E-state index contributed by atoms with van der Waals surface area (Å²) in [7, 11) is 0. The Labute approximate surface area is 162 Å². The molecule has 1 N–H and O–H groups in total. The number of pyridine rings is 1. The maximum Gasteiger partial charge on any atom is 0.220 e. The van der Waals surface area contributed by atoms with E-state index in [1.807, 2.05) is 18.3 Å². The Morgan fingerprint density at radius 1 is 1.19 bits per heavy atom. The second kappa shape index (κ2) is 8.66. The van der Waals surface area contributed by atoms with Crippen molar-refractivity contribution in [1.82, 2.24) is 10.3 Å². The molecule has 3 rings (SSSR count). The molecule has 0 aliphatic carbocycles. The summed E-state index contributed by atoms with van der Waals surface area (Å²) < 4.78 is 5.96. The number of aromatic nitrogens is 1. The molecule has 1 aromatic carbocycles. The highest BCUT2D eigenvalue weighted by molar-refractivity contribution is 5.76. The minimum absolute atomic E-state index is 0.0552. The van der Waals surface area contributed by atoms with Gasteiger partial charge in [0.2, 0.25) is 5.91 Å². The van der Waals surface area contributed by atoms with E-state index in [9.17, 15) is 4.79 Å². The lowest BCUT2D eigenvalue weighted by molar-refractivity contribution is -0.121. The lowest BCUT2D eigenvalue weighted by Gasteiger charge is -2.45. The van der Waals surface area contributed by atoms with Gasteiger partial charge in [0.05, 0.1) is 5.60 Å². The SMILES string of the molecule is CC1(C)C[C@@](CCNC(=O)CCc2cccnc2)(c2ccccc2)CCO1. The molecule has 1 aromatic heterocycles. The van der Waals surface area contributed by atoms with Gasteiger partial charge in [-0.2, -0.15) is 0 Å². The third kappa shape index (κ3) is 5.39. The summed E-state index contributed by atoms with van der Waals surface area (Å²) in [6, 6.07) is 14.6. The number of carbonyl (C=O) groups excluding carboxylic acids is 1. The smallest absolute Gasteiger partial charge is 0.220 e. The molecule has 1 saturated heterocycles. The maximum absolute atomic E-state index is 12.3. The Hall–Kier alpha value is -2.20. The van der Waals surface area contributed by atoms with Crippen molar-refractivity contribution < 1.29 is 9.53 Å². The molecular weight excluding hydrogens is 336 g/mol. The Kier molecular flexibility index (Phi) is 6.27. The van der Waals surface area contributed by atoms with Crippen LogP contribution in [0.3, 0.4) is 0 Å². The van der Waals surface area contributed by atoms with Crippen molar-refractivity contribution in [3.63, 3.8) is 0 Å². The average molecular weight is 367 g/mol. The molecule has 0 bridgehead atoms. The molecular formula is C23H30N2O2. The number of hydrogen-bond donors (Lipinski definition) is 1. The van der Waals surface area contributed by atoms with Crippen LogP contribution in [0.25, 0.3) is 0 Å². The molecule has 144 valence electrons. The van der Waals surface area contributed by atoms with Crippen molar-refractivity contribution >= 4 is 5.91 Å². The van der Waals surface area contributed by atoms with Gasteiger partial charge >= 0.3 is 0 Å². The number of rotatable bonds is 7. The lowest BCUT2D eigenvalue weighted by atomic mass is 9.67.